The summed E-state index contributed by atoms with van der Waals surface area (Å²) in [6.07, 6.45) is 4.19. The highest BCUT2D eigenvalue weighted by Crippen LogP contribution is 2.24. The van der Waals surface area contributed by atoms with E-state index >= 15 is 0 Å². The second-order valence-corrected chi connectivity index (χ2v) is 5.89. The molecule has 2 fully saturated rings. The predicted octanol–water partition coefficient (Wildman–Crippen LogP) is 1.42. The fraction of sp³-hybridized carbons (Fsp3) is 1.00. The first-order valence-electron chi connectivity index (χ1n) is 5.84. The molecule has 2 heterocycles. The minimum atomic E-state index is 0.772. The summed E-state index contributed by atoms with van der Waals surface area (Å²) in [5.74, 6) is 3.74. The van der Waals surface area contributed by atoms with Crippen LogP contribution < -0.4 is 5.32 Å². The van der Waals surface area contributed by atoms with E-state index in [-0.39, 0.29) is 0 Å². The number of likely N-dealkylation sites (N-methyl/N-ethyl adjacent to an activating group) is 1. The van der Waals surface area contributed by atoms with Gasteiger partial charge < -0.3 is 10.2 Å². The molecule has 82 valence electrons. The van der Waals surface area contributed by atoms with Crippen LogP contribution in [0.15, 0.2) is 0 Å². The molecule has 14 heavy (non-hydrogen) atoms. The van der Waals surface area contributed by atoms with Crippen LogP contribution in [0.5, 0.6) is 0 Å². The summed E-state index contributed by atoms with van der Waals surface area (Å²) in [5, 5.41) is 3.57. The maximum absolute atomic E-state index is 3.57. The molecule has 0 saturated carbocycles. The summed E-state index contributed by atoms with van der Waals surface area (Å²) in [6.45, 7) is 3.80. The minimum absolute atomic E-state index is 0.772. The fourth-order valence-corrected chi connectivity index (χ4v) is 3.80. The molecule has 0 radical (unpaired) electrons. The lowest BCUT2D eigenvalue weighted by Crippen LogP contribution is -2.37. The molecule has 2 nitrogen and oxygen atoms in total. The van der Waals surface area contributed by atoms with Gasteiger partial charge in [0.2, 0.25) is 0 Å². The molecule has 2 aliphatic heterocycles. The van der Waals surface area contributed by atoms with Gasteiger partial charge in [-0.15, -0.1) is 0 Å². The lowest BCUT2D eigenvalue weighted by atomic mass is 10.1. The SMILES string of the molecule is CN(CC1CCSC1)CC1CCCN1. The summed E-state index contributed by atoms with van der Waals surface area (Å²) < 4.78 is 0. The van der Waals surface area contributed by atoms with Crippen LogP contribution in [0.3, 0.4) is 0 Å². The first kappa shape index (κ1) is 10.8. The summed E-state index contributed by atoms with van der Waals surface area (Å²) >= 11 is 2.12. The standard InChI is InChI=1S/C11H22N2S/c1-13(7-10-4-6-14-9-10)8-11-3-2-5-12-11/h10-12H,2-9H2,1H3. The Hall–Kier alpha value is 0.270. The van der Waals surface area contributed by atoms with Gasteiger partial charge in [0.25, 0.3) is 0 Å². The van der Waals surface area contributed by atoms with Crippen LogP contribution >= 0.6 is 11.8 Å². The van der Waals surface area contributed by atoms with Crippen LogP contribution in [0, 0.1) is 5.92 Å². The molecule has 0 aromatic heterocycles. The lowest BCUT2D eigenvalue weighted by Gasteiger charge is -2.23. The predicted molar refractivity (Wildman–Crippen MR) is 64.0 cm³/mol. The zero-order chi connectivity index (χ0) is 9.80. The van der Waals surface area contributed by atoms with Gasteiger partial charge in [0, 0.05) is 19.1 Å². The Bertz CT molecular complexity index is 145. The third kappa shape index (κ3) is 3.14. The summed E-state index contributed by atoms with van der Waals surface area (Å²) in [5.41, 5.74) is 0. The first-order chi connectivity index (χ1) is 6.84. The monoisotopic (exact) mass is 214 g/mol. The van der Waals surface area contributed by atoms with E-state index < -0.39 is 0 Å². The Morgan fingerprint density at radius 3 is 2.93 bits per heavy atom. The molecule has 0 bridgehead atoms. The number of hydrogen-bond donors (Lipinski definition) is 1. The third-order valence-electron chi connectivity index (χ3n) is 3.29. The molecular weight excluding hydrogens is 192 g/mol. The average Bonchev–Trinajstić information content (AvgIpc) is 2.76. The summed E-state index contributed by atoms with van der Waals surface area (Å²) in [7, 11) is 2.28. The third-order valence-corrected chi connectivity index (χ3v) is 4.52. The summed E-state index contributed by atoms with van der Waals surface area (Å²) in [6, 6.07) is 0.772. The Balaban J connectivity index is 1.64. The highest BCUT2D eigenvalue weighted by molar-refractivity contribution is 7.99. The topological polar surface area (TPSA) is 15.3 Å². The quantitative estimate of drug-likeness (QED) is 0.762. The van der Waals surface area contributed by atoms with Gasteiger partial charge >= 0.3 is 0 Å². The van der Waals surface area contributed by atoms with E-state index in [1.54, 1.807) is 0 Å². The highest BCUT2D eigenvalue weighted by Gasteiger charge is 2.20. The molecule has 0 amide bonds. The van der Waals surface area contributed by atoms with Gasteiger partial charge in [-0.1, -0.05) is 0 Å². The number of rotatable bonds is 4. The molecule has 2 unspecified atom stereocenters. The molecule has 0 aromatic rings. The lowest BCUT2D eigenvalue weighted by molar-refractivity contribution is 0.264. The van der Waals surface area contributed by atoms with E-state index in [0.29, 0.717) is 0 Å². The molecule has 2 saturated heterocycles. The molecule has 2 rings (SSSR count). The van der Waals surface area contributed by atoms with E-state index in [2.05, 4.69) is 29.0 Å². The van der Waals surface area contributed by atoms with Crippen LogP contribution in [0.25, 0.3) is 0 Å². The van der Waals surface area contributed by atoms with Crippen molar-refractivity contribution in [3.05, 3.63) is 0 Å². The van der Waals surface area contributed by atoms with Gasteiger partial charge in [-0.25, -0.2) is 0 Å². The van der Waals surface area contributed by atoms with Crippen LogP contribution in [-0.4, -0.2) is 49.1 Å². The zero-order valence-corrected chi connectivity index (χ0v) is 9.98. The van der Waals surface area contributed by atoms with E-state index in [4.69, 9.17) is 0 Å². The number of nitrogens with one attached hydrogen (secondary N) is 1. The molecule has 0 aliphatic carbocycles. The number of hydrogen-bond acceptors (Lipinski definition) is 3. The van der Waals surface area contributed by atoms with E-state index in [1.165, 1.54) is 50.4 Å². The van der Waals surface area contributed by atoms with Gasteiger partial charge in [0.1, 0.15) is 0 Å². The van der Waals surface area contributed by atoms with Crippen molar-refractivity contribution in [3.63, 3.8) is 0 Å². The van der Waals surface area contributed by atoms with Crippen molar-refractivity contribution >= 4 is 11.8 Å². The van der Waals surface area contributed by atoms with Crippen molar-refractivity contribution in [2.75, 3.05) is 38.2 Å². The largest absolute Gasteiger partial charge is 0.313 e. The minimum Gasteiger partial charge on any atom is -0.313 e. The van der Waals surface area contributed by atoms with Crippen molar-refractivity contribution < 1.29 is 0 Å². The maximum atomic E-state index is 3.57. The molecule has 0 aromatic carbocycles. The van der Waals surface area contributed by atoms with Crippen molar-refractivity contribution in [1.29, 1.82) is 0 Å². The maximum Gasteiger partial charge on any atom is 0.0195 e. The van der Waals surface area contributed by atoms with Crippen molar-refractivity contribution in [1.82, 2.24) is 10.2 Å². The molecular formula is C11H22N2S. The van der Waals surface area contributed by atoms with Gasteiger partial charge in [-0.2, -0.15) is 11.8 Å². The Morgan fingerprint density at radius 1 is 1.36 bits per heavy atom. The van der Waals surface area contributed by atoms with Crippen LogP contribution in [-0.2, 0) is 0 Å². The molecule has 0 spiro atoms. The normalized spacial score (nSPS) is 33.0. The number of thioether (sulfide) groups is 1. The summed E-state index contributed by atoms with van der Waals surface area (Å²) in [4.78, 5) is 2.53. The molecule has 2 atom stereocenters. The highest BCUT2D eigenvalue weighted by atomic mass is 32.2. The van der Waals surface area contributed by atoms with Crippen molar-refractivity contribution in [2.24, 2.45) is 5.92 Å². The van der Waals surface area contributed by atoms with Crippen LogP contribution in [0.1, 0.15) is 19.3 Å². The second kappa shape index (κ2) is 5.38. The fourth-order valence-electron chi connectivity index (χ4n) is 2.53. The van der Waals surface area contributed by atoms with Crippen LogP contribution in [0.4, 0.5) is 0 Å². The van der Waals surface area contributed by atoms with E-state index in [0.717, 1.165) is 12.0 Å². The Morgan fingerprint density at radius 2 is 2.29 bits per heavy atom. The zero-order valence-electron chi connectivity index (χ0n) is 9.17. The van der Waals surface area contributed by atoms with Crippen LogP contribution in [0.2, 0.25) is 0 Å². The van der Waals surface area contributed by atoms with Crippen molar-refractivity contribution in [2.45, 2.75) is 25.3 Å². The van der Waals surface area contributed by atoms with Gasteiger partial charge in [0.05, 0.1) is 0 Å². The van der Waals surface area contributed by atoms with Gasteiger partial charge in [-0.3, -0.25) is 0 Å². The van der Waals surface area contributed by atoms with Gasteiger partial charge in [0.15, 0.2) is 0 Å². The Kier molecular flexibility index (Phi) is 4.14. The molecule has 2 aliphatic rings. The average molecular weight is 214 g/mol. The smallest absolute Gasteiger partial charge is 0.0195 e. The first-order valence-corrected chi connectivity index (χ1v) is 7.00. The van der Waals surface area contributed by atoms with E-state index in [9.17, 15) is 0 Å². The van der Waals surface area contributed by atoms with Crippen molar-refractivity contribution in [3.8, 4) is 0 Å². The van der Waals surface area contributed by atoms with Gasteiger partial charge in [-0.05, 0) is 50.3 Å². The second-order valence-electron chi connectivity index (χ2n) is 4.74. The molecule has 3 heteroatoms. The Labute approximate surface area is 91.8 Å². The number of nitrogens with zero attached hydrogens (tertiary/aromatic N) is 1. The molecule has 1 N–H and O–H groups in total. The van der Waals surface area contributed by atoms with E-state index in [1.807, 2.05) is 0 Å².